The minimum Gasteiger partial charge on any atom is -0.290 e. The lowest BCUT2D eigenvalue weighted by molar-refractivity contribution is -0.124. The van der Waals surface area contributed by atoms with Crippen LogP contribution in [0.25, 0.3) is 23.0 Å². The Hall–Kier alpha value is -2.77. The molecule has 0 bridgehead atoms. The largest absolute Gasteiger partial charge is 0.290 e. The molecule has 3 heterocycles. The van der Waals surface area contributed by atoms with E-state index in [1.165, 1.54) is 18.2 Å². The molecule has 5 rings (SSSR count). The van der Waals surface area contributed by atoms with Crippen LogP contribution in [0, 0.1) is 0 Å². The van der Waals surface area contributed by atoms with Crippen LogP contribution in [0.4, 0.5) is 0 Å². The zero-order valence-corrected chi connectivity index (χ0v) is 18.6. The molecular weight excluding hydrogens is 424 g/mol. The number of carbonyl (C=O) groups excluding carboxylic acids is 1. The maximum atomic E-state index is 13.3. The van der Waals surface area contributed by atoms with Gasteiger partial charge in [0.1, 0.15) is 10.0 Å². The first-order valence-corrected chi connectivity index (χ1v) is 11.8. The van der Waals surface area contributed by atoms with Crippen LogP contribution in [-0.4, -0.2) is 35.9 Å². The van der Waals surface area contributed by atoms with E-state index >= 15 is 0 Å². The molecule has 5 nitrogen and oxygen atoms in total. The van der Waals surface area contributed by atoms with Crippen molar-refractivity contribution in [3.63, 3.8) is 0 Å². The number of benzene rings is 1. The first kappa shape index (κ1) is 20.2. The van der Waals surface area contributed by atoms with E-state index in [1.807, 2.05) is 64.3 Å². The standard InChI is InChI=1S/C24H22N4OS2/c29-23-21(31-24(30)28(23)20-9-5-2-6-10-20)15-18-16-27(19-7-3-1-4-8-19)26-22(18)17-11-13-25-14-12-17/h1,3-4,7-8,11-16,20H,2,5-6,9-10H2/b21-15-. The van der Waals surface area contributed by atoms with Gasteiger partial charge in [0, 0.05) is 35.8 Å². The van der Waals surface area contributed by atoms with Crippen LogP contribution in [0.5, 0.6) is 0 Å². The van der Waals surface area contributed by atoms with E-state index in [4.69, 9.17) is 17.3 Å². The van der Waals surface area contributed by atoms with Gasteiger partial charge in [-0.2, -0.15) is 5.10 Å². The Bertz CT molecular complexity index is 1130. The van der Waals surface area contributed by atoms with Crippen molar-refractivity contribution in [3.8, 4) is 16.9 Å². The first-order valence-electron chi connectivity index (χ1n) is 10.5. The Morgan fingerprint density at radius 2 is 1.77 bits per heavy atom. The predicted octanol–water partition coefficient (Wildman–Crippen LogP) is 5.47. The number of thiocarbonyl (C=S) groups is 1. The van der Waals surface area contributed by atoms with E-state index in [1.54, 1.807) is 12.4 Å². The van der Waals surface area contributed by atoms with Crippen LogP contribution in [0.15, 0.2) is 66.0 Å². The van der Waals surface area contributed by atoms with Gasteiger partial charge in [0.15, 0.2) is 0 Å². The van der Waals surface area contributed by atoms with Gasteiger partial charge in [0.25, 0.3) is 5.91 Å². The third-order valence-corrected chi connectivity index (χ3v) is 7.10. The van der Waals surface area contributed by atoms with Gasteiger partial charge in [-0.1, -0.05) is 61.4 Å². The fourth-order valence-electron chi connectivity index (χ4n) is 4.22. The third-order valence-electron chi connectivity index (χ3n) is 5.77. The average Bonchev–Trinajstić information content (AvgIpc) is 3.36. The number of pyridine rings is 1. The monoisotopic (exact) mass is 446 g/mol. The Morgan fingerprint density at radius 3 is 2.52 bits per heavy atom. The molecular formula is C24H22N4OS2. The summed E-state index contributed by atoms with van der Waals surface area (Å²) in [4.78, 5) is 19.9. The second-order valence-corrected chi connectivity index (χ2v) is 9.47. The molecule has 0 atom stereocenters. The summed E-state index contributed by atoms with van der Waals surface area (Å²) in [5.41, 5.74) is 3.62. The molecule has 0 spiro atoms. The number of hydrogen-bond acceptors (Lipinski definition) is 5. The summed E-state index contributed by atoms with van der Waals surface area (Å²) in [5.74, 6) is 0.0232. The van der Waals surface area contributed by atoms with Crippen molar-refractivity contribution in [1.82, 2.24) is 19.7 Å². The molecule has 2 aromatic heterocycles. The normalized spacial score (nSPS) is 18.8. The number of aromatic nitrogens is 3. The highest BCUT2D eigenvalue weighted by Gasteiger charge is 2.37. The van der Waals surface area contributed by atoms with Crippen LogP contribution < -0.4 is 0 Å². The van der Waals surface area contributed by atoms with Gasteiger partial charge in [-0.15, -0.1) is 0 Å². The Labute approximate surface area is 191 Å². The SMILES string of the molecule is O=C1/C(=C/c2cn(-c3ccccc3)nc2-c2ccncc2)SC(=S)N1C1CCCCC1. The first-order chi connectivity index (χ1) is 15.2. The highest BCUT2D eigenvalue weighted by Crippen LogP contribution is 2.38. The number of nitrogens with zero attached hydrogens (tertiary/aromatic N) is 4. The van der Waals surface area contributed by atoms with Crippen LogP contribution >= 0.6 is 24.0 Å². The van der Waals surface area contributed by atoms with Crippen molar-refractivity contribution in [2.75, 3.05) is 0 Å². The molecule has 1 aromatic carbocycles. The summed E-state index contributed by atoms with van der Waals surface area (Å²) in [6.07, 6.45) is 13.1. The molecule has 0 N–H and O–H groups in total. The number of thioether (sulfide) groups is 1. The maximum Gasteiger partial charge on any atom is 0.266 e. The molecule has 1 saturated carbocycles. The van der Waals surface area contributed by atoms with Crippen LogP contribution in [0.3, 0.4) is 0 Å². The molecule has 0 radical (unpaired) electrons. The molecule has 3 aromatic rings. The van der Waals surface area contributed by atoms with E-state index < -0.39 is 0 Å². The molecule has 31 heavy (non-hydrogen) atoms. The summed E-state index contributed by atoms with van der Waals surface area (Å²) in [6, 6.07) is 14.1. The minimum absolute atomic E-state index is 0.0232. The van der Waals surface area contributed by atoms with Crippen molar-refractivity contribution in [2.45, 2.75) is 38.1 Å². The van der Waals surface area contributed by atoms with E-state index in [2.05, 4.69) is 4.98 Å². The summed E-state index contributed by atoms with van der Waals surface area (Å²) in [5, 5.41) is 4.82. The highest BCUT2D eigenvalue weighted by atomic mass is 32.2. The van der Waals surface area contributed by atoms with E-state index in [-0.39, 0.29) is 11.9 Å². The third kappa shape index (κ3) is 4.07. The smallest absolute Gasteiger partial charge is 0.266 e. The van der Waals surface area contributed by atoms with Gasteiger partial charge in [0.05, 0.1) is 10.6 Å². The second-order valence-electron chi connectivity index (χ2n) is 7.79. The lowest BCUT2D eigenvalue weighted by Gasteiger charge is -2.29. The number of hydrogen-bond donors (Lipinski definition) is 0. The fraction of sp³-hybridized carbons (Fsp3) is 0.250. The van der Waals surface area contributed by atoms with E-state index in [0.29, 0.717) is 9.23 Å². The molecule has 1 aliphatic heterocycles. The van der Waals surface area contributed by atoms with Crippen LogP contribution in [0.1, 0.15) is 37.7 Å². The van der Waals surface area contributed by atoms with Gasteiger partial charge in [-0.25, -0.2) is 4.68 Å². The number of amides is 1. The molecule has 7 heteroatoms. The molecule has 1 saturated heterocycles. The van der Waals surface area contributed by atoms with E-state index in [9.17, 15) is 4.79 Å². The zero-order valence-electron chi connectivity index (χ0n) is 17.0. The topological polar surface area (TPSA) is 51.0 Å². The highest BCUT2D eigenvalue weighted by molar-refractivity contribution is 8.26. The number of carbonyl (C=O) groups is 1. The van der Waals surface area contributed by atoms with E-state index in [0.717, 1.165) is 48.2 Å². The lowest BCUT2D eigenvalue weighted by atomic mass is 9.94. The van der Waals surface area contributed by atoms with Gasteiger partial charge in [-0.05, 0) is 43.2 Å². The van der Waals surface area contributed by atoms with Crippen molar-refractivity contribution in [2.24, 2.45) is 0 Å². The van der Waals surface area contributed by atoms with Crippen molar-refractivity contribution < 1.29 is 4.79 Å². The minimum atomic E-state index is 0.0232. The molecule has 156 valence electrons. The summed E-state index contributed by atoms with van der Waals surface area (Å²) < 4.78 is 2.52. The van der Waals surface area contributed by atoms with Crippen molar-refractivity contribution in [3.05, 3.63) is 71.5 Å². The molecule has 2 fully saturated rings. The Balaban J connectivity index is 1.53. The van der Waals surface area contributed by atoms with Gasteiger partial charge < -0.3 is 0 Å². The Morgan fingerprint density at radius 1 is 1.03 bits per heavy atom. The Kier molecular flexibility index (Phi) is 5.70. The molecule has 2 aliphatic rings. The number of rotatable bonds is 4. The second kappa shape index (κ2) is 8.77. The lowest BCUT2D eigenvalue weighted by Crippen LogP contribution is -2.39. The quantitative estimate of drug-likeness (QED) is 0.393. The summed E-state index contributed by atoms with van der Waals surface area (Å²) in [6.45, 7) is 0. The summed E-state index contributed by atoms with van der Waals surface area (Å²) >= 11 is 7.00. The zero-order chi connectivity index (χ0) is 21.2. The van der Waals surface area contributed by atoms with Crippen molar-refractivity contribution >= 4 is 40.3 Å². The van der Waals surface area contributed by atoms with Crippen LogP contribution in [0.2, 0.25) is 0 Å². The van der Waals surface area contributed by atoms with Crippen LogP contribution in [-0.2, 0) is 4.79 Å². The fourth-order valence-corrected chi connectivity index (χ4v) is 5.61. The molecule has 1 amide bonds. The predicted molar refractivity (Wildman–Crippen MR) is 129 cm³/mol. The number of para-hydroxylation sites is 1. The van der Waals surface area contributed by atoms with Crippen molar-refractivity contribution in [1.29, 1.82) is 0 Å². The maximum absolute atomic E-state index is 13.3. The van der Waals surface area contributed by atoms with Gasteiger partial charge >= 0.3 is 0 Å². The average molecular weight is 447 g/mol. The van der Waals surface area contributed by atoms with Gasteiger partial charge in [0.2, 0.25) is 0 Å². The molecule has 0 unspecified atom stereocenters. The molecule has 1 aliphatic carbocycles. The summed E-state index contributed by atoms with van der Waals surface area (Å²) in [7, 11) is 0. The van der Waals surface area contributed by atoms with Gasteiger partial charge in [-0.3, -0.25) is 14.7 Å².